The first-order valence-corrected chi connectivity index (χ1v) is 17.7. The van der Waals surface area contributed by atoms with Crippen molar-refractivity contribution in [3.8, 4) is 0 Å². The normalized spacial score (nSPS) is 29.2. The fraction of sp³-hybridized carbons (Fsp3) is 0.600. The van der Waals surface area contributed by atoms with E-state index in [9.17, 15) is 24.3 Å². The number of fused-ring (bicyclic) bond motifs is 1. The minimum Gasteiger partial charge on any atom is -0.455 e. The van der Waals surface area contributed by atoms with Crippen molar-refractivity contribution in [2.45, 2.75) is 60.9 Å². The van der Waals surface area contributed by atoms with E-state index in [0.717, 1.165) is 13.1 Å². The minimum absolute atomic E-state index is 0.0813. The lowest BCUT2D eigenvalue weighted by Gasteiger charge is -2.37. The smallest absolute Gasteiger partial charge is 0.313 e. The van der Waals surface area contributed by atoms with Gasteiger partial charge in [-0.1, -0.05) is 58.4 Å². The largest absolute Gasteiger partial charge is 0.455 e. The molecule has 5 rings (SSSR count). The van der Waals surface area contributed by atoms with E-state index in [2.05, 4.69) is 39.3 Å². The van der Waals surface area contributed by atoms with Crippen LogP contribution < -0.4 is 5.32 Å². The number of aliphatic hydroxyl groups is 1. The highest BCUT2D eigenvalue weighted by atomic mass is 79.9. The number of aliphatic hydroxyl groups excluding tert-OH is 1. The van der Waals surface area contributed by atoms with Gasteiger partial charge in [-0.3, -0.25) is 24.1 Å². The van der Waals surface area contributed by atoms with E-state index in [4.69, 9.17) is 14.2 Å². The number of amides is 3. The van der Waals surface area contributed by atoms with Gasteiger partial charge in [0.25, 0.3) is 0 Å². The molecule has 13 heteroatoms. The Labute approximate surface area is 290 Å². The van der Waals surface area contributed by atoms with E-state index in [1.165, 1.54) is 4.90 Å². The maximum atomic E-state index is 14.5. The molecular weight excluding hydrogens is 684 g/mol. The minimum atomic E-state index is -1.29. The van der Waals surface area contributed by atoms with E-state index >= 15 is 0 Å². The predicted molar refractivity (Wildman–Crippen MR) is 181 cm³/mol. The summed E-state index contributed by atoms with van der Waals surface area (Å²) in [4.78, 5) is 60.6. The monoisotopic (exact) mass is 730 g/mol. The average Bonchev–Trinajstić information content (AvgIpc) is 3.68. The fourth-order valence-corrected chi connectivity index (χ4v) is 8.62. The third-order valence-corrected chi connectivity index (χ3v) is 10.7. The SMILES string of the molecule is C=CCCC(=O)N[C@@H](C)[C@H](OC(=O)[C@H]1[C@@H]2O[C@@]3(CC2Br)[C@@H]1C(=O)N(CCO)[C@@H]3C(=O)N(CC=C)CCN1CCOCC1)c1ccccc1. The number of carbonyl (C=O) groups is 4. The van der Waals surface area contributed by atoms with Crippen LogP contribution in [0.3, 0.4) is 0 Å². The molecule has 4 fully saturated rings. The zero-order chi connectivity index (χ0) is 34.4. The van der Waals surface area contributed by atoms with Crippen molar-refractivity contribution in [2.24, 2.45) is 11.8 Å². The molecule has 4 aliphatic heterocycles. The molecule has 262 valence electrons. The molecule has 4 aliphatic rings. The Balaban J connectivity index is 1.41. The molecule has 0 aromatic heterocycles. The zero-order valence-corrected chi connectivity index (χ0v) is 29.1. The highest BCUT2D eigenvalue weighted by molar-refractivity contribution is 9.09. The van der Waals surface area contributed by atoms with Crippen LogP contribution in [-0.2, 0) is 33.4 Å². The van der Waals surface area contributed by atoms with Crippen LogP contribution in [0.1, 0.15) is 37.9 Å². The van der Waals surface area contributed by atoms with Crippen molar-refractivity contribution in [3.63, 3.8) is 0 Å². The van der Waals surface area contributed by atoms with Gasteiger partial charge in [0, 0.05) is 50.5 Å². The summed E-state index contributed by atoms with van der Waals surface area (Å²) in [6.45, 7) is 13.0. The number of esters is 1. The van der Waals surface area contributed by atoms with Crippen molar-refractivity contribution < 1.29 is 38.5 Å². The second kappa shape index (κ2) is 16.1. The molecule has 48 heavy (non-hydrogen) atoms. The Bertz CT molecular complexity index is 1340. The van der Waals surface area contributed by atoms with Crippen molar-refractivity contribution in [1.82, 2.24) is 20.0 Å². The van der Waals surface area contributed by atoms with Crippen molar-refractivity contribution >= 4 is 39.6 Å². The third-order valence-electron chi connectivity index (χ3n) is 9.88. The van der Waals surface area contributed by atoms with Crippen LogP contribution in [-0.4, -0.2) is 131 Å². The van der Waals surface area contributed by atoms with Crippen LogP contribution in [0.25, 0.3) is 0 Å². The molecule has 1 spiro atoms. The number of hydrogen-bond donors (Lipinski definition) is 2. The Morgan fingerprint density at radius 2 is 1.92 bits per heavy atom. The van der Waals surface area contributed by atoms with Gasteiger partial charge in [0.15, 0.2) is 0 Å². The van der Waals surface area contributed by atoms with Gasteiger partial charge in [0.05, 0.1) is 43.8 Å². The number of morpholine rings is 1. The van der Waals surface area contributed by atoms with Gasteiger partial charge in [0.1, 0.15) is 17.7 Å². The summed E-state index contributed by atoms with van der Waals surface area (Å²) in [7, 11) is 0. The van der Waals surface area contributed by atoms with Crippen molar-refractivity contribution in [1.29, 1.82) is 0 Å². The second-order valence-electron chi connectivity index (χ2n) is 12.9. The summed E-state index contributed by atoms with van der Waals surface area (Å²) in [5, 5.41) is 12.9. The molecular formula is C35H47BrN4O8. The fourth-order valence-electron chi connectivity index (χ4n) is 7.67. The van der Waals surface area contributed by atoms with Gasteiger partial charge >= 0.3 is 5.97 Å². The van der Waals surface area contributed by atoms with Crippen LogP contribution >= 0.6 is 15.9 Å². The predicted octanol–water partition coefficient (Wildman–Crippen LogP) is 1.83. The van der Waals surface area contributed by atoms with Crippen molar-refractivity contribution in [3.05, 3.63) is 61.2 Å². The summed E-state index contributed by atoms with van der Waals surface area (Å²) < 4.78 is 18.3. The van der Waals surface area contributed by atoms with Crippen LogP contribution in [0.15, 0.2) is 55.6 Å². The lowest BCUT2D eigenvalue weighted by atomic mass is 9.70. The Morgan fingerprint density at radius 3 is 2.58 bits per heavy atom. The van der Waals surface area contributed by atoms with Gasteiger partial charge in [0.2, 0.25) is 17.7 Å². The first-order valence-electron chi connectivity index (χ1n) is 16.8. The van der Waals surface area contributed by atoms with E-state index in [1.54, 1.807) is 24.0 Å². The first-order chi connectivity index (χ1) is 23.2. The summed E-state index contributed by atoms with van der Waals surface area (Å²) in [5.74, 6) is -3.56. The Hall–Kier alpha value is -3.10. The number of nitrogens with one attached hydrogen (secondary N) is 1. The van der Waals surface area contributed by atoms with Gasteiger partial charge in [-0.05, 0) is 25.3 Å². The molecule has 8 atom stereocenters. The second-order valence-corrected chi connectivity index (χ2v) is 14.1. The lowest BCUT2D eigenvalue weighted by molar-refractivity contribution is -0.162. The number of nitrogens with zero attached hydrogens (tertiary/aromatic N) is 3. The maximum Gasteiger partial charge on any atom is 0.313 e. The van der Waals surface area contributed by atoms with E-state index in [-0.39, 0.29) is 42.8 Å². The average molecular weight is 732 g/mol. The molecule has 0 radical (unpaired) electrons. The van der Waals surface area contributed by atoms with Gasteiger partial charge in [-0.25, -0.2) is 0 Å². The van der Waals surface area contributed by atoms with Gasteiger partial charge < -0.3 is 34.4 Å². The molecule has 4 saturated heterocycles. The Morgan fingerprint density at radius 1 is 1.19 bits per heavy atom. The number of hydrogen-bond acceptors (Lipinski definition) is 9. The first kappa shape index (κ1) is 36.2. The highest BCUT2D eigenvalue weighted by Crippen LogP contribution is 2.60. The van der Waals surface area contributed by atoms with E-state index in [0.29, 0.717) is 44.7 Å². The van der Waals surface area contributed by atoms with Crippen LogP contribution in [0, 0.1) is 11.8 Å². The molecule has 1 aromatic rings. The standard InChI is InChI=1S/C35H47BrN4O8/c1-4-6-12-26(42)37-23(3)29(24-10-8-7-9-11-24)47-34(45)27-28-32(43)40(16-19-41)31(35(28)22-25(36)30(27)48-35)33(44)39(13-5-2)15-14-38-17-20-46-21-18-38/h4-5,7-11,23,25,27-31,41H,1-2,6,12-22H2,3H3,(H,37,42)/t23-,25?,27+,28-,29-,30+,31+,35-/m0/s1. The molecule has 2 N–H and O–H groups in total. The number of benzene rings is 1. The highest BCUT2D eigenvalue weighted by Gasteiger charge is 2.77. The van der Waals surface area contributed by atoms with E-state index < -0.39 is 53.6 Å². The summed E-state index contributed by atoms with van der Waals surface area (Å²) in [6, 6.07) is 7.51. The molecule has 0 saturated carbocycles. The van der Waals surface area contributed by atoms with Crippen LogP contribution in [0.2, 0.25) is 0 Å². The summed E-state index contributed by atoms with van der Waals surface area (Å²) in [6.07, 6.45) is 2.85. The summed E-state index contributed by atoms with van der Waals surface area (Å²) in [5.41, 5.74) is -0.610. The number of rotatable bonds is 16. The number of carbonyl (C=O) groups excluding carboxylic acids is 4. The molecule has 12 nitrogen and oxygen atoms in total. The molecule has 0 aliphatic carbocycles. The quantitative estimate of drug-likeness (QED) is 0.148. The third kappa shape index (κ3) is 7.25. The maximum absolute atomic E-state index is 14.5. The number of alkyl halides is 1. The lowest BCUT2D eigenvalue weighted by Crippen LogP contribution is -2.58. The number of β-amino-alcohol motifs (C(OH)–C–C–N with tert-alkyl or cyclic N) is 1. The van der Waals surface area contributed by atoms with Crippen LogP contribution in [0.4, 0.5) is 0 Å². The van der Waals surface area contributed by atoms with Gasteiger partial charge in [-0.2, -0.15) is 0 Å². The topological polar surface area (TPSA) is 138 Å². The Kier molecular flexibility index (Phi) is 12.1. The number of ether oxygens (including phenoxy) is 3. The molecule has 1 unspecified atom stereocenters. The molecule has 1 aromatic carbocycles. The van der Waals surface area contributed by atoms with E-state index in [1.807, 2.05) is 30.3 Å². The van der Waals surface area contributed by atoms with Crippen LogP contribution in [0.5, 0.6) is 0 Å². The van der Waals surface area contributed by atoms with Gasteiger partial charge in [-0.15, -0.1) is 13.2 Å². The summed E-state index contributed by atoms with van der Waals surface area (Å²) >= 11 is 3.70. The zero-order valence-electron chi connectivity index (χ0n) is 27.5. The number of halogens is 1. The molecule has 3 amide bonds. The van der Waals surface area contributed by atoms with Crippen molar-refractivity contribution in [2.75, 3.05) is 59.1 Å². The number of likely N-dealkylation sites (tertiary alicyclic amines) is 1. The molecule has 2 bridgehead atoms. The molecule has 4 heterocycles. The number of allylic oxidation sites excluding steroid dienone is 1.